The van der Waals surface area contributed by atoms with E-state index in [0.717, 1.165) is 38.5 Å². The maximum atomic E-state index is 12.8. The van der Waals surface area contributed by atoms with Crippen LogP contribution in [-0.4, -0.2) is 37.7 Å². The lowest BCUT2D eigenvalue weighted by molar-refractivity contribution is -0.153. The topological polar surface area (TPSA) is 78.9 Å². The van der Waals surface area contributed by atoms with Crippen molar-refractivity contribution in [3.05, 3.63) is 0 Å². The summed E-state index contributed by atoms with van der Waals surface area (Å²) >= 11 is 0. The molecule has 0 unspecified atom stereocenters. The Bertz CT molecular complexity index is 1000. The van der Waals surface area contributed by atoms with Gasteiger partial charge in [0.25, 0.3) is 0 Å². The van der Waals surface area contributed by atoms with E-state index in [4.69, 9.17) is 14.2 Å². The van der Waals surface area contributed by atoms with Crippen LogP contribution in [0.15, 0.2) is 0 Å². The number of esters is 3. The van der Waals surface area contributed by atoms with E-state index in [-0.39, 0.29) is 43.6 Å². The van der Waals surface area contributed by atoms with Crippen molar-refractivity contribution in [2.24, 2.45) is 5.92 Å². The Kier molecular flexibility index (Phi) is 64.5. The molecule has 6 heteroatoms. The van der Waals surface area contributed by atoms with Crippen LogP contribution < -0.4 is 0 Å². The Balaban J connectivity index is 4.27. The molecule has 6 nitrogen and oxygen atoms in total. The predicted octanol–water partition coefficient (Wildman–Crippen LogP) is 23.7. The molecule has 0 spiro atoms. The molecule has 0 aliphatic rings. The van der Waals surface area contributed by atoms with Crippen molar-refractivity contribution >= 4 is 17.9 Å². The lowest BCUT2D eigenvalue weighted by Gasteiger charge is -2.17. The van der Waals surface area contributed by atoms with E-state index in [0.29, 0.717) is 19.3 Å². The molecule has 0 atom stereocenters. The quantitative estimate of drug-likeness (QED) is 0.0343. The second kappa shape index (κ2) is 65.9. The number of hydrogen-bond donors (Lipinski definition) is 0. The van der Waals surface area contributed by atoms with Crippen molar-refractivity contribution in [3.63, 3.8) is 0 Å². The minimum atomic E-state index is -0.350. The molecule has 0 rings (SSSR count). The summed E-state index contributed by atoms with van der Waals surface area (Å²) < 4.78 is 17.1. The third kappa shape index (κ3) is 63.2. The monoisotopic (exact) mass is 1070 g/mol. The molecular weight excluding hydrogens is 937 g/mol. The predicted molar refractivity (Wildman–Crippen MR) is 330 cm³/mol. The fourth-order valence-electron chi connectivity index (χ4n) is 11.0. The highest BCUT2D eigenvalue weighted by atomic mass is 16.6. The summed E-state index contributed by atoms with van der Waals surface area (Å²) in [4.78, 5) is 38.3. The Morgan fingerprint density at radius 2 is 0.316 bits per heavy atom. The second-order valence-corrected chi connectivity index (χ2v) is 24.3. The molecule has 0 saturated heterocycles. The summed E-state index contributed by atoms with van der Waals surface area (Å²) in [5.74, 6) is -0.981. The van der Waals surface area contributed by atoms with Crippen molar-refractivity contribution < 1.29 is 28.6 Å². The van der Waals surface area contributed by atoms with Gasteiger partial charge < -0.3 is 14.2 Å². The van der Waals surface area contributed by atoms with E-state index in [1.54, 1.807) is 0 Å². The fraction of sp³-hybridized carbons (Fsp3) is 0.957. The van der Waals surface area contributed by atoms with E-state index in [9.17, 15) is 14.4 Å². The van der Waals surface area contributed by atoms with Crippen molar-refractivity contribution in [2.75, 3.05) is 19.8 Å². The molecule has 0 radical (unpaired) electrons. The first kappa shape index (κ1) is 74.4. The number of unbranched alkanes of at least 4 members (excludes halogenated alkanes) is 54. The van der Waals surface area contributed by atoms with Gasteiger partial charge in [-0.05, 0) is 19.3 Å². The Labute approximate surface area is 476 Å². The van der Waals surface area contributed by atoms with E-state index < -0.39 is 0 Å². The first-order valence-electron chi connectivity index (χ1n) is 35.0. The lowest BCUT2D eigenvalue weighted by Crippen LogP contribution is -2.26. The average molecular weight is 1070 g/mol. The maximum Gasteiger partial charge on any atom is 0.305 e. The van der Waals surface area contributed by atoms with Crippen LogP contribution in [0.2, 0.25) is 0 Å². The van der Waals surface area contributed by atoms with Crippen molar-refractivity contribution in [1.82, 2.24) is 0 Å². The van der Waals surface area contributed by atoms with Gasteiger partial charge in [-0.1, -0.05) is 367 Å². The molecule has 0 aromatic heterocycles. The Morgan fingerprint density at radius 1 is 0.197 bits per heavy atom. The zero-order valence-electron chi connectivity index (χ0n) is 52.1. The van der Waals surface area contributed by atoms with Gasteiger partial charge in [0.05, 0.1) is 5.92 Å². The van der Waals surface area contributed by atoms with Crippen LogP contribution in [0.4, 0.5) is 0 Å². The summed E-state index contributed by atoms with van der Waals surface area (Å²) in [5, 5.41) is 0. The summed E-state index contributed by atoms with van der Waals surface area (Å²) in [6.07, 6.45) is 76.8. The summed E-state index contributed by atoms with van der Waals surface area (Å²) in [5.41, 5.74) is 0. The number of carbonyl (C=O) groups excluding carboxylic acids is 3. The molecule has 0 bridgehead atoms. The highest BCUT2D eigenvalue weighted by Crippen LogP contribution is 2.19. The molecule has 0 aliphatic heterocycles. The molecule has 0 aromatic rings. The van der Waals surface area contributed by atoms with E-state index in [1.165, 1.54) is 327 Å². The van der Waals surface area contributed by atoms with E-state index in [1.807, 2.05) is 0 Å². The van der Waals surface area contributed by atoms with Crippen LogP contribution in [0.3, 0.4) is 0 Å². The molecule has 0 N–H and O–H groups in total. The van der Waals surface area contributed by atoms with Gasteiger partial charge in [0.15, 0.2) is 0 Å². The standard InChI is InChI=1S/C70H136O6/c1-4-7-10-13-16-19-22-25-28-31-34-37-40-43-46-49-52-55-58-61-68(71)74-64-67(65-75-69(72)62-59-56-53-50-47-44-41-38-35-32-29-26-23-20-17-14-11-8-5-2)66-76-70(73)63-60-57-54-51-48-45-42-39-36-33-30-27-24-21-18-15-12-9-6-3/h67H,4-66H2,1-3H3. The molecule has 0 saturated carbocycles. The zero-order valence-corrected chi connectivity index (χ0v) is 52.1. The van der Waals surface area contributed by atoms with Crippen LogP contribution in [0.1, 0.15) is 406 Å². The molecular formula is C70H136O6. The number of rotatable bonds is 66. The maximum absolute atomic E-state index is 12.8. The SMILES string of the molecule is CCCCCCCCCCCCCCCCCCCCCC(=O)OCC(COC(=O)CCCCCCCCCCCCCCCCCCCCC)COC(=O)CCCCCCCCCCCCCCCCCCCCC. The molecule has 0 aliphatic carbocycles. The summed E-state index contributed by atoms with van der Waals surface area (Å²) in [6, 6.07) is 0. The van der Waals surface area contributed by atoms with Gasteiger partial charge in [0, 0.05) is 19.3 Å². The van der Waals surface area contributed by atoms with Crippen LogP contribution in [0, 0.1) is 5.92 Å². The van der Waals surface area contributed by atoms with Crippen molar-refractivity contribution in [1.29, 1.82) is 0 Å². The highest BCUT2D eigenvalue weighted by molar-refractivity contribution is 5.70. The van der Waals surface area contributed by atoms with Crippen LogP contribution in [-0.2, 0) is 28.6 Å². The zero-order chi connectivity index (χ0) is 55.0. The minimum absolute atomic E-state index is 0.108. The minimum Gasteiger partial charge on any atom is -0.465 e. The van der Waals surface area contributed by atoms with Gasteiger partial charge in [-0.2, -0.15) is 0 Å². The van der Waals surface area contributed by atoms with Gasteiger partial charge in [-0.15, -0.1) is 0 Å². The first-order chi connectivity index (χ1) is 37.5. The Morgan fingerprint density at radius 3 is 0.447 bits per heavy atom. The lowest BCUT2D eigenvalue weighted by atomic mass is 10.0. The van der Waals surface area contributed by atoms with Gasteiger partial charge >= 0.3 is 17.9 Å². The van der Waals surface area contributed by atoms with Gasteiger partial charge in [-0.3, -0.25) is 14.4 Å². The first-order valence-corrected chi connectivity index (χ1v) is 35.0. The molecule has 0 aromatic carbocycles. The van der Waals surface area contributed by atoms with Crippen molar-refractivity contribution in [3.8, 4) is 0 Å². The molecule has 452 valence electrons. The summed E-state index contributed by atoms with van der Waals surface area (Å²) in [7, 11) is 0. The van der Waals surface area contributed by atoms with Crippen LogP contribution in [0.5, 0.6) is 0 Å². The smallest absolute Gasteiger partial charge is 0.305 e. The molecule has 0 fully saturated rings. The van der Waals surface area contributed by atoms with E-state index >= 15 is 0 Å². The molecule has 0 amide bonds. The van der Waals surface area contributed by atoms with Gasteiger partial charge in [-0.25, -0.2) is 0 Å². The average Bonchev–Trinajstić information content (AvgIpc) is 3.42. The third-order valence-electron chi connectivity index (χ3n) is 16.4. The second-order valence-electron chi connectivity index (χ2n) is 24.3. The normalized spacial score (nSPS) is 11.5. The third-order valence-corrected chi connectivity index (χ3v) is 16.4. The fourth-order valence-corrected chi connectivity index (χ4v) is 11.0. The van der Waals surface area contributed by atoms with Crippen molar-refractivity contribution in [2.45, 2.75) is 406 Å². The van der Waals surface area contributed by atoms with Gasteiger partial charge in [0.1, 0.15) is 19.8 Å². The molecule has 0 heterocycles. The highest BCUT2D eigenvalue weighted by Gasteiger charge is 2.18. The molecule has 76 heavy (non-hydrogen) atoms. The largest absolute Gasteiger partial charge is 0.465 e. The Hall–Kier alpha value is -1.59. The van der Waals surface area contributed by atoms with Gasteiger partial charge in [0.2, 0.25) is 0 Å². The summed E-state index contributed by atoms with van der Waals surface area (Å²) in [6.45, 7) is 7.20. The number of ether oxygens (including phenoxy) is 3. The van der Waals surface area contributed by atoms with Crippen LogP contribution in [0.25, 0.3) is 0 Å². The number of carbonyl (C=O) groups is 3. The van der Waals surface area contributed by atoms with Crippen LogP contribution >= 0.6 is 0 Å². The number of hydrogen-bond acceptors (Lipinski definition) is 6. The van der Waals surface area contributed by atoms with E-state index in [2.05, 4.69) is 20.8 Å².